The minimum Gasteiger partial charge on any atom is -0.302 e. The van der Waals surface area contributed by atoms with Crippen LogP contribution in [0, 0.1) is 5.82 Å². The van der Waals surface area contributed by atoms with Crippen molar-refractivity contribution in [3.05, 3.63) is 53.8 Å². The summed E-state index contributed by atoms with van der Waals surface area (Å²) in [4.78, 5) is 22.3. The van der Waals surface area contributed by atoms with E-state index in [1.54, 1.807) is 27.4 Å². The molecule has 1 unspecified atom stereocenters. The second kappa shape index (κ2) is 12.0. The van der Waals surface area contributed by atoms with E-state index in [9.17, 15) is 17.6 Å². The Kier molecular flexibility index (Phi) is 8.94. The van der Waals surface area contributed by atoms with E-state index in [1.165, 1.54) is 35.6 Å². The van der Waals surface area contributed by atoms with Gasteiger partial charge in [0, 0.05) is 31.2 Å². The van der Waals surface area contributed by atoms with Crippen LogP contribution in [-0.2, 0) is 10.0 Å². The predicted octanol–water partition coefficient (Wildman–Crippen LogP) is 5.38. The average Bonchev–Trinajstić information content (AvgIpc) is 3.33. The summed E-state index contributed by atoms with van der Waals surface area (Å²) in [6, 6.07) is 10.6. The van der Waals surface area contributed by atoms with Crippen LogP contribution in [0.4, 0.5) is 9.52 Å². The van der Waals surface area contributed by atoms with Gasteiger partial charge in [-0.3, -0.25) is 9.69 Å². The van der Waals surface area contributed by atoms with Crippen LogP contribution < -0.4 is 4.90 Å². The molecule has 3 aromatic rings. The highest BCUT2D eigenvalue weighted by molar-refractivity contribution is 7.89. The van der Waals surface area contributed by atoms with Gasteiger partial charge in [-0.15, -0.1) is 0 Å². The molecule has 1 saturated heterocycles. The fraction of sp³-hybridized carbons (Fsp3) is 0.481. The maximum Gasteiger partial charge on any atom is 0.260 e. The van der Waals surface area contributed by atoms with Crippen LogP contribution in [0.25, 0.3) is 10.2 Å². The highest BCUT2D eigenvalue weighted by atomic mass is 32.2. The van der Waals surface area contributed by atoms with E-state index in [-0.39, 0.29) is 22.7 Å². The number of hydrogen-bond donors (Lipinski definition) is 0. The Bertz CT molecular complexity index is 1320. The molecule has 1 fully saturated rings. The fourth-order valence-electron chi connectivity index (χ4n) is 4.83. The van der Waals surface area contributed by atoms with Crippen LogP contribution in [0.1, 0.15) is 56.8 Å². The first-order chi connectivity index (χ1) is 17.8. The smallest absolute Gasteiger partial charge is 0.260 e. The molecule has 2 aromatic carbocycles. The van der Waals surface area contributed by atoms with Crippen LogP contribution in [0.2, 0.25) is 0 Å². The normalized spacial score (nSPS) is 16.9. The van der Waals surface area contributed by atoms with Gasteiger partial charge in [-0.25, -0.2) is 17.8 Å². The highest BCUT2D eigenvalue weighted by Crippen LogP contribution is 2.31. The largest absolute Gasteiger partial charge is 0.302 e. The molecule has 37 heavy (non-hydrogen) atoms. The number of carbonyl (C=O) groups is 1. The molecule has 0 saturated carbocycles. The number of nitrogens with zero attached hydrogens (tertiary/aromatic N) is 4. The Morgan fingerprint density at radius 3 is 2.49 bits per heavy atom. The zero-order valence-corrected chi connectivity index (χ0v) is 23.3. The molecule has 1 atom stereocenters. The SMILES string of the molecule is CCC1CCCCN1S(=O)(=O)c1ccc(C(=O)N(CCN(CC)CC)c2nc3ccc(F)cc3s2)cc1. The van der Waals surface area contributed by atoms with E-state index < -0.39 is 10.0 Å². The quantitative estimate of drug-likeness (QED) is 0.342. The number of halogens is 1. The standard InChI is InChI=1S/C27H35FN4O3S2/c1-4-22-9-7-8-16-32(22)37(34,35)23-13-10-20(11-14-23)26(33)31(18-17-30(5-2)6-3)27-29-24-15-12-21(28)19-25(24)36-27/h10-15,19,22H,4-9,16-18H2,1-3H3. The molecule has 2 heterocycles. The molecule has 10 heteroatoms. The lowest BCUT2D eigenvalue weighted by Crippen LogP contribution is -2.43. The van der Waals surface area contributed by atoms with Crippen molar-refractivity contribution in [2.45, 2.75) is 57.4 Å². The molecule has 200 valence electrons. The van der Waals surface area contributed by atoms with Crippen molar-refractivity contribution in [2.75, 3.05) is 37.6 Å². The van der Waals surface area contributed by atoms with E-state index in [4.69, 9.17) is 0 Å². The van der Waals surface area contributed by atoms with Crippen molar-refractivity contribution in [3.8, 4) is 0 Å². The number of carbonyl (C=O) groups excluding carboxylic acids is 1. The number of thiazole rings is 1. The van der Waals surface area contributed by atoms with E-state index >= 15 is 0 Å². The maximum atomic E-state index is 13.8. The first-order valence-corrected chi connectivity index (χ1v) is 15.3. The average molecular weight is 547 g/mol. The predicted molar refractivity (Wildman–Crippen MR) is 147 cm³/mol. The van der Waals surface area contributed by atoms with Gasteiger partial charge in [-0.1, -0.05) is 38.5 Å². The first-order valence-electron chi connectivity index (χ1n) is 13.0. The zero-order valence-electron chi connectivity index (χ0n) is 21.7. The van der Waals surface area contributed by atoms with Gasteiger partial charge < -0.3 is 4.90 Å². The Balaban J connectivity index is 1.62. The van der Waals surface area contributed by atoms with Crippen molar-refractivity contribution in [1.29, 1.82) is 0 Å². The summed E-state index contributed by atoms with van der Waals surface area (Å²) >= 11 is 1.27. The number of amides is 1. The third-order valence-corrected chi connectivity index (χ3v) is 10.1. The molecule has 0 spiro atoms. The Hall–Kier alpha value is -2.40. The summed E-state index contributed by atoms with van der Waals surface area (Å²) in [6.45, 7) is 9.46. The van der Waals surface area contributed by atoms with Gasteiger partial charge in [0.15, 0.2) is 5.13 Å². The van der Waals surface area contributed by atoms with Gasteiger partial charge in [0.1, 0.15) is 5.82 Å². The van der Waals surface area contributed by atoms with Crippen molar-refractivity contribution in [1.82, 2.24) is 14.2 Å². The zero-order chi connectivity index (χ0) is 26.6. The lowest BCUT2D eigenvalue weighted by molar-refractivity contribution is 0.0983. The molecule has 0 aliphatic carbocycles. The highest BCUT2D eigenvalue weighted by Gasteiger charge is 2.32. The molecule has 0 N–H and O–H groups in total. The summed E-state index contributed by atoms with van der Waals surface area (Å²) < 4.78 is 42.8. The molecule has 1 aliphatic heterocycles. The van der Waals surface area contributed by atoms with E-state index in [0.717, 1.165) is 38.8 Å². The minimum atomic E-state index is -3.63. The van der Waals surface area contributed by atoms with E-state index in [1.807, 2.05) is 6.92 Å². The van der Waals surface area contributed by atoms with Gasteiger partial charge in [0.2, 0.25) is 10.0 Å². The van der Waals surface area contributed by atoms with Crippen LogP contribution in [-0.4, -0.2) is 67.3 Å². The summed E-state index contributed by atoms with van der Waals surface area (Å²) in [5.74, 6) is -0.612. The van der Waals surface area contributed by atoms with E-state index in [2.05, 4.69) is 23.7 Å². The number of hydrogen-bond acceptors (Lipinski definition) is 6. The molecule has 7 nitrogen and oxygen atoms in total. The number of aromatic nitrogens is 1. The maximum absolute atomic E-state index is 13.8. The summed E-state index contributed by atoms with van der Waals surface area (Å²) in [7, 11) is -3.63. The second-order valence-electron chi connectivity index (χ2n) is 9.29. The van der Waals surface area contributed by atoms with Crippen molar-refractivity contribution in [2.24, 2.45) is 0 Å². The monoisotopic (exact) mass is 546 g/mol. The van der Waals surface area contributed by atoms with Crippen LogP contribution in [0.15, 0.2) is 47.4 Å². The number of likely N-dealkylation sites (N-methyl/N-ethyl adjacent to an activating group) is 1. The molecule has 1 aliphatic rings. The third kappa shape index (κ3) is 6.03. The lowest BCUT2D eigenvalue weighted by atomic mass is 10.0. The van der Waals surface area contributed by atoms with Crippen LogP contribution >= 0.6 is 11.3 Å². The lowest BCUT2D eigenvalue weighted by Gasteiger charge is -2.34. The van der Waals surface area contributed by atoms with Gasteiger partial charge in [-0.05, 0) is 74.8 Å². The summed E-state index contributed by atoms with van der Waals surface area (Å²) in [6.07, 6.45) is 3.56. The first kappa shape index (κ1) is 27.6. The Morgan fingerprint density at radius 2 is 1.81 bits per heavy atom. The molecule has 1 aromatic heterocycles. The second-order valence-corrected chi connectivity index (χ2v) is 12.2. The van der Waals surface area contributed by atoms with Crippen LogP contribution in [0.3, 0.4) is 0 Å². The van der Waals surface area contributed by atoms with Gasteiger partial charge in [0.05, 0.1) is 15.1 Å². The molecule has 4 rings (SSSR count). The van der Waals surface area contributed by atoms with Crippen LogP contribution in [0.5, 0.6) is 0 Å². The van der Waals surface area contributed by atoms with Crippen molar-refractivity contribution < 1.29 is 17.6 Å². The fourth-order valence-corrected chi connectivity index (χ4v) is 7.61. The van der Waals surface area contributed by atoms with Gasteiger partial charge in [0.25, 0.3) is 5.91 Å². The number of fused-ring (bicyclic) bond motifs is 1. The molecule has 0 bridgehead atoms. The Morgan fingerprint density at radius 1 is 1.08 bits per heavy atom. The summed E-state index contributed by atoms with van der Waals surface area (Å²) in [5.41, 5.74) is 1.02. The van der Waals surface area contributed by atoms with Gasteiger partial charge >= 0.3 is 0 Å². The Labute approximate surface area is 223 Å². The number of rotatable bonds is 10. The van der Waals surface area contributed by atoms with Gasteiger partial charge in [-0.2, -0.15) is 4.31 Å². The van der Waals surface area contributed by atoms with E-state index in [0.29, 0.717) is 40.5 Å². The number of piperidine rings is 1. The topological polar surface area (TPSA) is 73.8 Å². The molecule has 0 radical (unpaired) electrons. The van der Waals surface area contributed by atoms with Crippen molar-refractivity contribution in [3.63, 3.8) is 0 Å². The molecule has 1 amide bonds. The minimum absolute atomic E-state index is 0.0134. The number of benzene rings is 2. The number of anilines is 1. The molecular weight excluding hydrogens is 511 g/mol. The van der Waals surface area contributed by atoms with Crippen molar-refractivity contribution >= 4 is 42.6 Å². The third-order valence-electron chi connectivity index (χ3n) is 7.10. The summed E-state index contributed by atoms with van der Waals surface area (Å²) in [5, 5.41) is 0.494. The number of sulfonamides is 1. The molecular formula is C27H35FN4O3S2.